The largest absolute Gasteiger partial charge is 0.504 e. The molecule has 11 nitrogen and oxygen atoms in total. The predicted octanol–water partition coefficient (Wildman–Crippen LogP) is 3.57. The number of imidazole rings is 1. The second-order valence-electron chi connectivity index (χ2n) is 9.29. The first-order valence-corrected chi connectivity index (χ1v) is 12.6. The molecule has 0 bridgehead atoms. The average molecular weight is 522 g/mol. The van der Waals surface area contributed by atoms with Crippen LogP contribution < -0.4 is 19.1 Å². The standard InChI is InChI=1S/C27H31N5O6/c1-36-25-17-20(4-9-24(25)33)3-2-11-29-13-15-30(16-14-29)21-5-7-22(8-6-21)37-19-23-10-12-31-18-26(32(34)35)28-27(31)38-23/h2-9,17-18,23,33H,10-16,19H2,1H3. The average Bonchev–Trinajstić information content (AvgIpc) is 3.38. The molecular weight excluding hydrogens is 490 g/mol. The quantitative estimate of drug-likeness (QED) is 0.333. The van der Waals surface area contributed by atoms with Crippen molar-refractivity contribution in [2.75, 3.05) is 51.3 Å². The van der Waals surface area contributed by atoms with Crippen molar-refractivity contribution in [2.45, 2.75) is 19.1 Å². The summed E-state index contributed by atoms with van der Waals surface area (Å²) in [6.07, 6.45) is 6.07. The van der Waals surface area contributed by atoms with Crippen LogP contribution >= 0.6 is 0 Å². The molecule has 0 saturated carbocycles. The number of aromatic hydroxyl groups is 1. The number of anilines is 1. The van der Waals surface area contributed by atoms with Gasteiger partial charge in [-0.3, -0.25) is 9.47 Å². The van der Waals surface area contributed by atoms with Gasteiger partial charge in [0.1, 0.15) is 24.7 Å². The lowest BCUT2D eigenvalue weighted by molar-refractivity contribution is -0.389. The van der Waals surface area contributed by atoms with E-state index in [1.54, 1.807) is 17.7 Å². The highest BCUT2D eigenvalue weighted by Gasteiger charge is 2.28. The number of fused-ring (bicyclic) bond motifs is 1. The van der Waals surface area contributed by atoms with Crippen molar-refractivity contribution in [3.05, 3.63) is 70.4 Å². The van der Waals surface area contributed by atoms with E-state index in [4.69, 9.17) is 14.2 Å². The van der Waals surface area contributed by atoms with Crippen LogP contribution in [0.2, 0.25) is 0 Å². The zero-order valence-electron chi connectivity index (χ0n) is 21.2. The van der Waals surface area contributed by atoms with E-state index in [1.807, 2.05) is 30.3 Å². The van der Waals surface area contributed by atoms with E-state index in [1.165, 1.54) is 6.20 Å². The number of aryl methyl sites for hydroxylation is 1. The van der Waals surface area contributed by atoms with Gasteiger partial charge in [-0.1, -0.05) is 18.2 Å². The lowest BCUT2D eigenvalue weighted by Gasteiger charge is -2.35. The number of hydrogen-bond donors (Lipinski definition) is 1. The van der Waals surface area contributed by atoms with Crippen molar-refractivity contribution in [3.8, 4) is 23.3 Å². The predicted molar refractivity (Wildman–Crippen MR) is 142 cm³/mol. The van der Waals surface area contributed by atoms with Crippen LogP contribution in [-0.4, -0.2) is 77.0 Å². The number of nitro groups is 1. The second-order valence-corrected chi connectivity index (χ2v) is 9.29. The van der Waals surface area contributed by atoms with Crippen LogP contribution in [0.25, 0.3) is 6.08 Å². The fraction of sp³-hybridized carbons (Fsp3) is 0.370. The van der Waals surface area contributed by atoms with Crippen molar-refractivity contribution < 1.29 is 24.2 Å². The van der Waals surface area contributed by atoms with Crippen molar-refractivity contribution in [1.82, 2.24) is 14.5 Å². The maximum atomic E-state index is 10.9. The summed E-state index contributed by atoms with van der Waals surface area (Å²) >= 11 is 0. The molecule has 2 aliphatic rings. The number of ether oxygens (including phenoxy) is 3. The number of rotatable bonds is 9. The molecule has 38 heavy (non-hydrogen) atoms. The van der Waals surface area contributed by atoms with Crippen molar-refractivity contribution in [2.24, 2.45) is 0 Å². The zero-order chi connectivity index (χ0) is 26.5. The minimum Gasteiger partial charge on any atom is -0.504 e. The molecule has 5 rings (SSSR count). The Kier molecular flexibility index (Phi) is 7.64. The van der Waals surface area contributed by atoms with E-state index >= 15 is 0 Å². The molecule has 0 aliphatic carbocycles. The van der Waals surface area contributed by atoms with E-state index in [0.29, 0.717) is 25.3 Å². The van der Waals surface area contributed by atoms with Crippen LogP contribution in [0, 0.1) is 10.1 Å². The van der Waals surface area contributed by atoms with Crippen LogP contribution in [0.3, 0.4) is 0 Å². The summed E-state index contributed by atoms with van der Waals surface area (Å²) in [5, 5.41) is 20.6. The van der Waals surface area contributed by atoms with Gasteiger partial charge in [-0.25, -0.2) is 0 Å². The molecule has 0 amide bonds. The summed E-state index contributed by atoms with van der Waals surface area (Å²) in [6.45, 7) is 5.63. The Balaban J connectivity index is 1.05. The van der Waals surface area contributed by atoms with E-state index in [-0.39, 0.29) is 23.7 Å². The first-order chi connectivity index (χ1) is 18.5. The van der Waals surface area contributed by atoms with Gasteiger partial charge in [-0.15, -0.1) is 0 Å². The van der Waals surface area contributed by atoms with Crippen molar-refractivity contribution in [3.63, 3.8) is 0 Å². The van der Waals surface area contributed by atoms with E-state index < -0.39 is 4.92 Å². The molecular formula is C27H31N5O6. The molecule has 3 aromatic rings. The SMILES string of the molecule is COc1cc(C=CCN2CCN(c3ccc(OCC4CCn5cc([N+](=O)[O-])nc5O4)cc3)CC2)ccc1O. The van der Waals surface area contributed by atoms with Gasteiger partial charge in [0.25, 0.3) is 0 Å². The maximum Gasteiger partial charge on any atom is 0.414 e. The Labute approximate surface area is 220 Å². The molecule has 1 N–H and O–H groups in total. The Morgan fingerprint density at radius 3 is 2.68 bits per heavy atom. The van der Waals surface area contributed by atoms with Gasteiger partial charge in [0.05, 0.1) is 7.11 Å². The van der Waals surface area contributed by atoms with Crippen LogP contribution in [0.15, 0.2) is 54.7 Å². The third kappa shape index (κ3) is 6.00. The van der Waals surface area contributed by atoms with Gasteiger partial charge in [0.15, 0.2) is 11.5 Å². The van der Waals surface area contributed by atoms with Crippen LogP contribution in [-0.2, 0) is 6.54 Å². The summed E-state index contributed by atoms with van der Waals surface area (Å²) in [4.78, 5) is 19.1. The number of aromatic nitrogens is 2. The maximum absolute atomic E-state index is 10.9. The van der Waals surface area contributed by atoms with Crippen LogP contribution in [0.4, 0.5) is 11.5 Å². The zero-order valence-corrected chi connectivity index (χ0v) is 21.2. The number of benzene rings is 2. The van der Waals surface area contributed by atoms with E-state index in [2.05, 4.69) is 33.0 Å². The Morgan fingerprint density at radius 2 is 1.95 bits per heavy atom. The molecule has 0 radical (unpaired) electrons. The minimum absolute atomic E-state index is 0.141. The highest BCUT2D eigenvalue weighted by Crippen LogP contribution is 2.27. The monoisotopic (exact) mass is 521 g/mol. The topological polar surface area (TPSA) is 115 Å². The molecule has 2 aliphatic heterocycles. The Hall–Kier alpha value is -4.25. The Bertz CT molecular complexity index is 1280. The van der Waals surface area contributed by atoms with Crippen molar-refractivity contribution >= 4 is 17.6 Å². The molecule has 11 heteroatoms. The molecule has 1 atom stereocenters. The van der Waals surface area contributed by atoms with Gasteiger partial charge in [0, 0.05) is 56.4 Å². The summed E-state index contributed by atoms with van der Waals surface area (Å²) in [5.41, 5.74) is 2.15. The summed E-state index contributed by atoms with van der Waals surface area (Å²) in [5.74, 6) is 1.17. The Morgan fingerprint density at radius 1 is 1.16 bits per heavy atom. The number of methoxy groups -OCH3 is 1. The fourth-order valence-electron chi connectivity index (χ4n) is 4.60. The van der Waals surface area contributed by atoms with Crippen LogP contribution in [0.1, 0.15) is 12.0 Å². The van der Waals surface area contributed by atoms with Gasteiger partial charge < -0.3 is 34.3 Å². The summed E-state index contributed by atoms with van der Waals surface area (Å²) in [6, 6.07) is 13.7. The molecule has 1 aromatic heterocycles. The smallest absolute Gasteiger partial charge is 0.414 e. The number of phenols is 1. The van der Waals surface area contributed by atoms with Crippen molar-refractivity contribution in [1.29, 1.82) is 0 Å². The van der Waals surface area contributed by atoms with E-state index in [0.717, 1.165) is 49.7 Å². The molecule has 2 aromatic carbocycles. The highest BCUT2D eigenvalue weighted by atomic mass is 16.6. The molecule has 0 spiro atoms. The highest BCUT2D eigenvalue weighted by molar-refractivity contribution is 5.55. The normalized spacial score (nSPS) is 17.7. The number of piperazine rings is 1. The first kappa shape index (κ1) is 25.4. The first-order valence-electron chi connectivity index (χ1n) is 12.6. The van der Waals surface area contributed by atoms with E-state index in [9.17, 15) is 15.2 Å². The third-order valence-electron chi connectivity index (χ3n) is 6.77. The number of nitrogens with zero attached hydrogens (tertiary/aromatic N) is 5. The molecule has 200 valence electrons. The minimum atomic E-state index is -0.518. The number of phenolic OH excluding ortho intramolecular Hbond substituents is 1. The lowest BCUT2D eigenvalue weighted by atomic mass is 10.2. The fourth-order valence-corrected chi connectivity index (χ4v) is 4.60. The summed E-state index contributed by atoms with van der Waals surface area (Å²) < 4.78 is 18.5. The lowest BCUT2D eigenvalue weighted by Crippen LogP contribution is -2.46. The molecule has 1 fully saturated rings. The van der Waals surface area contributed by atoms with Gasteiger partial charge >= 0.3 is 11.8 Å². The number of hydrogen-bond acceptors (Lipinski definition) is 9. The van der Waals surface area contributed by atoms with Gasteiger partial charge in [-0.2, -0.15) is 0 Å². The van der Waals surface area contributed by atoms with Gasteiger partial charge in [0.2, 0.25) is 0 Å². The molecule has 3 heterocycles. The molecule has 1 unspecified atom stereocenters. The summed E-state index contributed by atoms with van der Waals surface area (Å²) in [7, 11) is 1.55. The van der Waals surface area contributed by atoms with Gasteiger partial charge in [-0.05, 0) is 46.9 Å². The molecule has 1 saturated heterocycles. The third-order valence-corrected chi connectivity index (χ3v) is 6.77. The second kappa shape index (κ2) is 11.4. The van der Waals surface area contributed by atoms with Crippen LogP contribution in [0.5, 0.6) is 23.3 Å².